The topological polar surface area (TPSA) is 44.7 Å². The summed E-state index contributed by atoms with van der Waals surface area (Å²) in [4.78, 5) is 2.61. The lowest BCUT2D eigenvalue weighted by molar-refractivity contribution is 0.125. The molecule has 2 N–H and O–H groups in total. The Morgan fingerprint density at radius 3 is 2.48 bits per heavy atom. The van der Waals surface area contributed by atoms with E-state index >= 15 is 0 Å². The molecule has 2 fully saturated rings. The summed E-state index contributed by atoms with van der Waals surface area (Å²) in [5.41, 5.74) is 1.27. The van der Waals surface area contributed by atoms with Crippen LogP contribution in [0.1, 0.15) is 44.2 Å². The Balaban J connectivity index is 0.00000156. The van der Waals surface area contributed by atoms with Crippen LogP contribution in [0.25, 0.3) is 0 Å². The molecule has 1 aromatic carbocycles. The fourth-order valence-corrected chi connectivity index (χ4v) is 4.50. The number of phenols is 1. The number of ether oxygens (including phenoxy) is 1. The number of phenolic OH excluding ortho intramolecular Hbond substituents is 1. The van der Waals surface area contributed by atoms with Crippen LogP contribution in [0, 0.1) is 5.92 Å². The third-order valence-corrected chi connectivity index (χ3v) is 5.69. The molecule has 0 spiro atoms. The number of rotatable bonds is 5. The first-order chi connectivity index (χ1) is 11.2. The molecule has 1 aliphatic heterocycles. The van der Waals surface area contributed by atoms with Gasteiger partial charge in [0.05, 0.1) is 11.1 Å². The van der Waals surface area contributed by atoms with Crippen LogP contribution >= 0.6 is 40.7 Å². The number of aromatic hydroxyl groups is 1. The molecular weight excluding hydrogens is 427 g/mol. The fourth-order valence-electron chi connectivity index (χ4n) is 4.04. The van der Waals surface area contributed by atoms with Crippen molar-refractivity contribution in [3.63, 3.8) is 0 Å². The number of piperazine rings is 1. The van der Waals surface area contributed by atoms with Crippen molar-refractivity contribution >= 4 is 40.7 Å². The van der Waals surface area contributed by atoms with Gasteiger partial charge in [-0.15, -0.1) is 24.8 Å². The molecule has 25 heavy (non-hydrogen) atoms. The fraction of sp³-hybridized carbons (Fsp3) is 0.667. The van der Waals surface area contributed by atoms with Gasteiger partial charge in [-0.1, -0.05) is 12.8 Å². The minimum absolute atomic E-state index is 0. The summed E-state index contributed by atoms with van der Waals surface area (Å²) in [6.07, 6.45) is 5.28. The van der Waals surface area contributed by atoms with E-state index in [1.165, 1.54) is 31.2 Å². The van der Waals surface area contributed by atoms with Gasteiger partial charge in [0.15, 0.2) is 11.5 Å². The van der Waals surface area contributed by atoms with Gasteiger partial charge in [-0.3, -0.25) is 4.90 Å². The van der Waals surface area contributed by atoms with Gasteiger partial charge in [0.2, 0.25) is 0 Å². The lowest BCUT2D eigenvalue weighted by Crippen LogP contribution is -2.46. The molecule has 1 heterocycles. The molecular formula is C18H29BrCl2N2O2. The van der Waals surface area contributed by atoms with Crippen LogP contribution in [0.5, 0.6) is 11.5 Å². The van der Waals surface area contributed by atoms with Gasteiger partial charge in [0, 0.05) is 32.2 Å². The van der Waals surface area contributed by atoms with Crippen LogP contribution < -0.4 is 10.1 Å². The number of hydrogen-bond donors (Lipinski definition) is 2. The van der Waals surface area contributed by atoms with E-state index in [2.05, 4.69) is 38.3 Å². The van der Waals surface area contributed by atoms with Crippen LogP contribution in [0.2, 0.25) is 0 Å². The van der Waals surface area contributed by atoms with E-state index in [0.29, 0.717) is 24.3 Å². The Kier molecular flexibility index (Phi) is 9.89. The summed E-state index contributed by atoms with van der Waals surface area (Å²) in [5.74, 6) is 1.51. The quantitative estimate of drug-likeness (QED) is 0.684. The molecule has 3 rings (SSSR count). The van der Waals surface area contributed by atoms with Crippen molar-refractivity contribution < 1.29 is 9.84 Å². The summed E-state index contributed by atoms with van der Waals surface area (Å²) in [5, 5.41) is 13.7. The highest BCUT2D eigenvalue weighted by Gasteiger charge is 2.32. The zero-order chi connectivity index (χ0) is 16.2. The molecule has 0 amide bonds. The standard InChI is InChI=1S/C18H27BrN2O2.2ClH/c1-2-23-16-12-14(11-15(19)18(16)22)17(13-5-3-4-6-13)21-9-7-20-8-10-21;;/h11-13,17,20,22H,2-10H2,1H3;2*1H/t17-;;/m1../s1. The van der Waals surface area contributed by atoms with Crippen molar-refractivity contribution in [1.82, 2.24) is 10.2 Å². The second kappa shape index (κ2) is 10.8. The molecule has 0 unspecified atom stereocenters. The average Bonchev–Trinajstić information content (AvgIpc) is 3.08. The van der Waals surface area contributed by atoms with E-state index in [-0.39, 0.29) is 30.6 Å². The molecule has 0 aromatic heterocycles. The second-order valence-electron chi connectivity index (χ2n) is 6.56. The summed E-state index contributed by atoms with van der Waals surface area (Å²) in [7, 11) is 0. The molecule has 144 valence electrons. The molecule has 4 nitrogen and oxygen atoms in total. The summed E-state index contributed by atoms with van der Waals surface area (Å²) in [6.45, 7) is 6.80. The van der Waals surface area contributed by atoms with Crippen LogP contribution in [0.3, 0.4) is 0 Å². The molecule has 1 saturated carbocycles. The third-order valence-electron chi connectivity index (χ3n) is 5.08. The van der Waals surface area contributed by atoms with Gasteiger partial charge < -0.3 is 15.2 Å². The summed E-state index contributed by atoms with van der Waals surface area (Å²) < 4.78 is 6.38. The first kappa shape index (κ1) is 22.8. The largest absolute Gasteiger partial charge is 0.503 e. The highest BCUT2D eigenvalue weighted by Crippen LogP contribution is 2.44. The highest BCUT2D eigenvalue weighted by atomic mass is 79.9. The van der Waals surface area contributed by atoms with E-state index in [1.54, 1.807) is 0 Å². The van der Waals surface area contributed by atoms with Gasteiger partial charge in [0.25, 0.3) is 0 Å². The third kappa shape index (κ3) is 5.39. The van der Waals surface area contributed by atoms with E-state index in [4.69, 9.17) is 4.74 Å². The summed E-state index contributed by atoms with van der Waals surface area (Å²) in [6, 6.07) is 4.56. The van der Waals surface area contributed by atoms with Crippen LogP contribution in [0.4, 0.5) is 0 Å². The highest BCUT2D eigenvalue weighted by molar-refractivity contribution is 9.10. The van der Waals surface area contributed by atoms with Gasteiger partial charge in [0.1, 0.15) is 0 Å². The Bertz CT molecular complexity index is 536. The monoisotopic (exact) mass is 454 g/mol. The number of nitrogens with one attached hydrogen (secondary N) is 1. The number of hydrogen-bond acceptors (Lipinski definition) is 4. The smallest absolute Gasteiger partial charge is 0.172 e. The normalized spacial score (nSPS) is 19.8. The Hall–Kier alpha value is -0.200. The predicted octanol–water partition coefficient (Wildman–Crippen LogP) is 4.53. The van der Waals surface area contributed by atoms with Crippen LogP contribution in [-0.2, 0) is 0 Å². The predicted molar refractivity (Wildman–Crippen MR) is 111 cm³/mol. The van der Waals surface area contributed by atoms with Gasteiger partial charge in [-0.05, 0) is 59.3 Å². The molecule has 1 atom stereocenters. The molecule has 1 aliphatic carbocycles. The number of benzene rings is 1. The van der Waals surface area contributed by atoms with Crippen LogP contribution in [-0.4, -0.2) is 42.8 Å². The SMILES string of the molecule is CCOc1cc([C@@H](C2CCCC2)N2CCNCC2)cc(Br)c1O.Cl.Cl. The lowest BCUT2D eigenvalue weighted by Gasteiger charge is -2.39. The van der Waals surface area contributed by atoms with E-state index in [9.17, 15) is 5.11 Å². The maximum absolute atomic E-state index is 10.2. The Morgan fingerprint density at radius 2 is 1.88 bits per heavy atom. The van der Waals surface area contributed by atoms with Gasteiger partial charge >= 0.3 is 0 Å². The van der Waals surface area contributed by atoms with Crippen molar-refractivity contribution in [2.75, 3.05) is 32.8 Å². The maximum Gasteiger partial charge on any atom is 0.172 e. The summed E-state index contributed by atoms with van der Waals surface area (Å²) >= 11 is 3.51. The molecule has 1 aromatic rings. The van der Waals surface area contributed by atoms with E-state index in [1.807, 2.05) is 6.92 Å². The Labute approximate surface area is 171 Å². The number of nitrogens with zero attached hydrogens (tertiary/aromatic N) is 1. The van der Waals surface area contributed by atoms with Crippen molar-refractivity contribution in [2.45, 2.75) is 38.6 Å². The van der Waals surface area contributed by atoms with Crippen molar-refractivity contribution in [3.05, 3.63) is 22.2 Å². The maximum atomic E-state index is 10.2. The molecule has 0 bridgehead atoms. The molecule has 1 saturated heterocycles. The van der Waals surface area contributed by atoms with Gasteiger partial charge in [-0.2, -0.15) is 0 Å². The van der Waals surface area contributed by atoms with Crippen molar-refractivity contribution in [2.24, 2.45) is 5.92 Å². The molecule has 0 radical (unpaired) electrons. The van der Waals surface area contributed by atoms with E-state index < -0.39 is 0 Å². The van der Waals surface area contributed by atoms with Crippen molar-refractivity contribution in [3.8, 4) is 11.5 Å². The first-order valence-electron chi connectivity index (χ1n) is 8.80. The minimum Gasteiger partial charge on any atom is -0.503 e. The molecule has 7 heteroatoms. The van der Waals surface area contributed by atoms with Crippen molar-refractivity contribution in [1.29, 1.82) is 0 Å². The minimum atomic E-state index is 0. The number of halogens is 3. The van der Waals surface area contributed by atoms with Gasteiger partial charge in [-0.25, -0.2) is 0 Å². The zero-order valence-electron chi connectivity index (χ0n) is 14.7. The van der Waals surface area contributed by atoms with E-state index in [0.717, 1.165) is 30.7 Å². The zero-order valence-corrected chi connectivity index (χ0v) is 17.9. The van der Waals surface area contributed by atoms with Crippen LogP contribution in [0.15, 0.2) is 16.6 Å². The lowest BCUT2D eigenvalue weighted by atomic mass is 9.89. The molecule has 2 aliphatic rings. The average molecular weight is 456 g/mol. The second-order valence-corrected chi connectivity index (χ2v) is 7.41. The first-order valence-corrected chi connectivity index (χ1v) is 9.60. The Morgan fingerprint density at radius 1 is 1.24 bits per heavy atom.